The number of benzene rings is 1. The predicted octanol–water partition coefficient (Wildman–Crippen LogP) is 3.74. The summed E-state index contributed by atoms with van der Waals surface area (Å²) in [6.45, 7) is 3.43. The van der Waals surface area contributed by atoms with Crippen LogP contribution in [-0.4, -0.2) is 26.3 Å². The summed E-state index contributed by atoms with van der Waals surface area (Å²) in [6, 6.07) is 7.10. The molecule has 1 rings (SSSR count). The Morgan fingerprint density at radius 2 is 1.63 bits per heavy atom. The van der Waals surface area contributed by atoms with Crippen LogP contribution in [0.15, 0.2) is 24.3 Å². The molecule has 0 aromatic heterocycles. The molecule has 19 heavy (non-hydrogen) atoms. The Morgan fingerprint density at radius 3 is 2.05 bits per heavy atom. The van der Waals surface area contributed by atoms with Crippen molar-refractivity contribution >= 4 is 5.69 Å². The Morgan fingerprint density at radius 1 is 1.11 bits per heavy atom. The van der Waals surface area contributed by atoms with Crippen LogP contribution in [0, 0.1) is 0 Å². The number of halogens is 3. The van der Waals surface area contributed by atoms with Gasteiger partial charge in [0.1, 0.15) is 0 Å². The van der Waals surface area contributed by atoms with E-state index in [0.717, 1.165) is 11.3 Å². The summed E-state index contributed by atoms with van der Waals surface area (Å²) < 4.78 is 36.8. The smallest absolute Gasteiger partial charge is 0.378 e. The monoisotopic (exact) mass is 274 g/mol. The minimum absolute atomic E-state index is 0.103. The molecule has 2 unspecified atom stereocenters. The van der Waals surface area contributed by atoms with Gasteiger partial charge in [0.15, 0.2) is 0 Å². The molecule has 0 saturated heterocycles. The van der Waals surface area contributed by atoms with Crippen molar-refractivity contribution in [1.29, 1.82) is 0 Å². The minimum Gasteiger partial charge on any atom is -0.378 e. The lowest BCUT2D eigenvalue weighted by Crippen LogP contribution is -2.33. The van der Waals surface area contributed by atoms with Crippen molar-refractivity contribution in [2.24, 2.45) is 0 Å². The van der Waals surface area contributed by atoms with E-state index in [1.807, 2.05) is 50.2 Å². The van der Waals surface area contributed by atoms with Crippen molar-refractivity contribution in [2.75, 3.05) is 19.0 Å². The Kier molecular flexibility index (Phi) is 5.23. The van der Waals surface area contributed by atoms with Crippen molar-refractivity contribution < 1.29 is 13.2 Å². The van der Waals surface area contributed by atoms with Crippen LogP contribution >= 0.6 is 0 Å². The second kappa shape index (κ2) is 6.28. The van der Waals surface area contributed by atoms with E-state index in [1.165, 1.54) is 0 Å². The van der Waals surface area contributed by atoms with Crippen LogP contribution in [0.4, 0.5) is 18.9 Å². The first-order valence-corrected chi connectivity index (χ1v) is 6.29. The zero-order chi connectivity index (χ0) is 14.6. The summed E-state index contributed by atoms with van der Waals surface area (Å²) in [6.07, 6.45) is -4.94. The Labute approximate surface area is 112 Å². The van der Waals surface area contributed by atoms with Crippen molar-refractivity contribution in [3.05, 3.63) is 29.8 Å². The van der Waals surface area contributed by atoms with Gasteiger partial charge in [-0.2, -0.15) is 13.2 Å². The Balaban J connectivity index is 2.60. The van der Waals surface area contributed by atoms with Crippen LogP contribution in [-0.2, 0) is 0 Å². The molecule has 0 radical (unpaired) electrons. The summed E-state index contributed by atoms with van der Waals surface area (Å²) in [7, 11) is 3.89. The quantitative estimate of drug-likeness (QED) is 0.879. The molecular formula is C14H21F3N2. The maximum atomic E-state index is 12.3. The molecular weight excluding hydrogens is 253 g/mol. The molecule has 0 heterocycles. The van der Waals surface area contributed by atoms with Crippen molar-refractivity contribution in [3.63, 3.8) is 0 Å². The van der Waals surface area contributed by atoms with E-state index in [2.05, 4.69) is 5.32 Å². The minimum atomic E-state index is -4.12. The molecule has 108 valence electrons. The predicted molar refractivity (Wildman–Crippen MR) is 72.5 cm³/mol. The molecule has 0 saturated carbocycles. The van der Waals surface area contributed by atoms with Gasteiger partial charge in [-0.3, -0.25) is 0 Å². The van der Waals surface area contributed by atoms with Crippen LogP contribution in [0.2, 0.25) is 0 Å². The number of alkyl halides is 3. The molecule has 1 N–H and O–H groups in total. The van der Waals surface area contributed by atoms with Gasteiger partial charge < -0.3 is 10.2 Å². The second-order valence-electron chi connectivity index (χ2n) is 5.09. The molecule has 0 aliphatic heterocycles. The topological polar surface area (TPSA) is 15.3 Å². The van der Waals surface area contributed by atoms with E-state index in [9.17, 15) is 13.2 Å². The number of hydrogen-bond acceptors (Lipinski definition) is 2. The molecule has 0 aliphatic carbocycles. The zero-order valence-electron chi connectivity index (χ0n) is 11.8. The fourth-order valence-corrected chi connectivity index (χ4v) is 1.99. The zero-order valence-corrected chi connectivity index (χ0v) is 11.8. The van der Waals surface area contributed by atoms with Gasteiger partial charge in [-0.25, -0.2) is 0 Å². The van der Waals surface area contributed by atoms with Crippen LogP contribution in [0.1, 0.15) is 31.9 Å². The number of anilines is 1. The molecule has 2 nitrogen and oxygen atoms in total. The summed E-state index contributed by atoms with van der Waals surface area (Å²) >= 11 is 0. The van der Waals surface area contributed by atoms with Gasteiger partial charge in [-0.15, -0.1) is 0 Å². The van der Waals surface area contributed by atoms with Gasteiger partial charge in [-0.05, 0) is 31.5 Å². The summed E-state index contributed by atoms with van der Waals surface area (Å²) in [5.74, 6) is 0. The van der Waals surface area contributed by atoms with Crippen LogP contribution in [0.3, 0.4) is 0 Å². The lowest BCUT2D eigenvalue weighted by Gasteiger charge is -2.22. The van der Waals surface area contributed by atoms with Crippen molar-refractivity contribution in [1.82, 2.24) is 5.32 Å². The van der Waals surface area contributed by atoms with E-state index in [0.29, 0.717) is 0 Å². The first kappa shape index (κ1) is 15.8. The van der Waals surface area contributed by atoms with E-state index in [4.69, 9.17) is 0 Å². The summed E-state index contributed by atoms with van der Waals surface area (Å²) in [4.78, 5) is 1.98. The third-order valence-corrected chi connectivity index (χ3v) is 2.98. The molecule has 5 heteroatoms. The van der Waals surface area contributed by atoms with E-state index in [1.54, 1.807) is 6.92 Å². The van der Waals surface area contributed by atoms with Crippen LogP contribution < -0.4 is 10.2 Å². The van der Waals surface area contributed by atoms with Crippen molar-refractivity contribution in [3.8, 4) is 0 Å². The third-order valence-electron chi connectivity index (χ3n) is 2.98. The number of rotatable bonds is 5. The lowest BCUT2D eigenvalue weighted by molar-refractivity contribution is -0.139. The number of hydrogen-bond donors (Lipinski definition) is 1. The highest BCUT2D eigenvalue weighted by molar-refractivity contribution is 5.46. The molecule has 0 fully saturated rings. The highest BCUT2D eigenvalue weighted by Gasteiger charge is 2.30. The SMILES string of the molecule is CC(CC(F)(F)F)NC(C)c1ccc(N(C)C)cc1. The highest BCUT2D eigenvalue weighted by Crippen LogP contribution is 2.23. The van der Waals surface area contributed by atoms with Crippen LogP contribution in [0.5, 0.6) is 0 Å². The summed E-state index contributed by atoms with van der Waals surface area (Å²) in [5.41, 5.74) is 2.05. The van der Waals surface area contributed by atoms with Gasteiger partial charge in [0.2, 0.25) is 0 Å². The standard InChI is InChI=1S/C14H21F3N2/c1-10(9-14(15,16)17)18-11(2)12-5-7-13(8-6-12)19(3)4/h5-8,10-11,18H,9H2,1-4H3. The van der Waals surface area contributed by atoms with Gasteiger partial charge in [0.05, 0.1) is 6.42 Å². The molecule has 0 amide bonds. The second-order valence-corrected chi connectivity index (χ2v) is 5.09. The molecule has 1 aromatic carbocycles. The largest absolute Gasteiger partial charge is 0.390 e. The van der Waals surface area contributed by atoms with Gasteiger partial charge >= 0.3 is 6.18 Å². The summed E-state index contributed by atoms with van der Waals surface area (Å²) in [5, 5.41) is 2.97. The maximum Gasteiger partial charge on any atom is 0.390 e. The van der Waals surface area contributed by atoms with Crippen LogP contribution in [0.25, 0.3) is 0 Å². The molecule has 0 aliphatic rings. The number of nitrogens with zero attached hydrogens (tertiary/aromatic N) is 1. The average molecular weight is 274 g/mol. The third kappa shape index (κ3) is 5.51. The fourth-order valence-electron chi connectivity index (χ4n) is 1.99. The molecule has 0 bridgehead atoms. The van der Waals surface area contributed by atoms with Gasteiger partial charge in [0.25, 0.3) is 0 Å². The van der Waals surface area contributed by atoms with Gasteiger partial charge in [-0.1, -0.05) is 12.1 Å². The maximum absolute atomic E-state index is 12.3. The first-order chi connectivity index (χ1) is 8.69. The van der Waals surface area contributed by atoms with E-state index < -0.39 is 18.6 Å². The Bertz CT molecular complexity index is 385. The molecule has 2 atom stereocenters. The number of nitrogens with one attached hydrogen (secondary N) is 1. The normalized spacial score (nSPS) is 15.1. The lowest BCUT2D eigenvalue weighted by atomic mass is 10.1. The fraction of sp³-hybridized carbons (Fsp3) is 0.571. The van der Waals surface area contributed by atoms with Gasteiger partial charge in [0, 0.05) is 31.9 Å². The molecule has 0 spiro atoms. The van der Waals surface area contributed by atoms with E-state index in [-0.39, 0.29) is 6.04 Å². The highest BCUT2D eigenvalue weighted by atomic mass is 19.4. The van der Waals surface area contributed by atoms with Crippen molar-refractivity contribution in [2.45, 2.75) is 38.5 Å². The van der Waals surface area contributed by atoms with E-state index >= 15 is 0 Å². The average Bonchev–Trinajstić information content (AvgIpc) is 2.26. The molecule has 1 aromatic rings. The Hall–Kier alpha value is -1.23. The first-order valence-electron chi connectivity index (χ1n) is 6.29.